The van der Waals surface area contributed by atoms with Gasteiger partial charge >= 0.3 is 6.11 Å². The fourth-order valence-electron chi connectivity index (χ4n) is 6.00. The molecule has 1 atom stereocenters. The van der Waals surface area contributed by atoms with Gasteiger partial charge in [0.1, 0.15) is 18.4 Å². The highest BCUT2D eigenvalue weighted by Crippen LogP contribution is 2.44. The number of rotatable bonds is 12. The van der Waals surface area contributed by atoms with Crippen molar-refractivity contribution in [3.63, 3.8) is 0 Å². The van der Waals surface area contributed by atoms with E-state index in [-0.39, 0.29) is 31.4 Å². The smallest absolute Gasteiger partial charge is 0.358 e. The normalized spacial score (nSPS) is 26.0. The van der Waals surface area contributed by atoms with Crippen molar-refractivity contribution in [1.82, 2.24) is 0 Å². The third-order valence-electron chi connectivity index (χ3n) is 8.04. The second-order valence-electron chi connectivity index (χ2n) is 10.7. The zero-order chi connectivity index (χ0) is 26.8. The molecule has 0 aliphatic heterocycles. The molecule has 1 aromatic rings. The Morgan fingerprint density at radius 1 is 1.14 bits per heavy atom. The fraction of sp³-hybridized carbons (Fsp3) is 0.690. The van der Waals surface area contributed by atoms with Crippen LogP contribution in [0.25, 0.3) is 0 Å². The maximum Gasteiger partial charge on any atom is 0.358 e. The lowest BCUT2D eigenvalue weighted by molar-refractivity contribution is -0.271. The van der Waals surface area contributed by atoms with Crippen LogP contribution in [-0.4, -0.2) is 31.2 Å². The van der Waals surface area contributed by atoms with Crippen LogP contribution < -0.4 is 0 Å². The van der Waals surface area contributed by atoms with Crippen molar-refractivity contribution >= 4 is 0 Å². The van der Waals surface area contributed by atoms with Crippen LogP contribution in [-0.2, 0) is 9.47 Å². The average molecular weight is 526 g/mol. The zero-order valence-corrected chi connectivity index (χ0v) is 21.6. The second-order valence-corrected chi connectivity index (χ2v) is 10.7. The van der Waals surface area contributed by atoms with Crippen molar-refractivity contribution in [3.8, 4) is 6.07 Å². The molecule has 0 aromatic heterocycles. The zero-order valence-electron chi connectivity index (χ0n) is 21.6. The number of allylic oxidation sites excluding steroid dienone is 1. The molecule has 2 aliphatic carbocycles. The maximum atomic E-state index is 15.1. The van der Waals surface area contributed by atoms with Crippen molar-refractivity contribution < 1.29 is 32.1 Å². The SMILES string of the molecule is CC(COCO)CC1CCC(c2ccc(C3CCC(C(F)(F)OC/C=C(/F)CC#N)CC3)c(F)c2)CC1. The number of nitrogens with zero attached hydrogens (tertiary/aromatic N) is 1. The number of halogens is 4. The first-order valence-electron chi connectivity index (χ1n) is 13.4. The van der Waals surface area contributed by atoms with E-state index >= 15 is 4.39 Å². The van der Waals surface area contributed by atoms with E-state index in [9.17, 15) is 13.2 Å². The van der Waals surface area contributed by atoms with Crippen molar-refractivity contribution in [2.45, 2.75) is 89.1 Å². The van der Waals surface area contributed by atoms with Crippen LogP contribution in [0, 0.1) is 34.9 Å². The Labute approximate surface area is 217 Å². The minimum Gasteiger partial charge on any atom is -0.371 e. The molecule has 1 unspecified atom stereocenters. The summed E-state index contributed by atoms with van der Waals surface area (Å²) in [5, 5.41) is 17.2. The van der Waals surface area contributed by atoms with Gasteiger partial charge in [0.15, 0.2) is 0 Å². The third kappa shape index (κ3) is 8.80. The molecule has 0 amide bonds. The Balaban J connectivity index is 1.48. The summed E-state index contributed by atoms with van der Waals surface area (Å²) in [7, 11) is 0. The van der Waals surface area contributed by atoms with Crippen LogP contribution in [0.15, 0.2) is 30.1 Å². The first-order chi connectivity index (χ1) is 17.7. The standard InChI is InChI=1S/C29H39F4NO3/c1-20(18-36-19-35)16-21-2-4-22(5-3-21)24-8-11-27(28(31)17-24)23-6-9-25(10-7-23)29(32,33)37-15-13-26(30)12-14-34/h8,11,13,17,20-23,25,35H,2-7,9-10,12,15-16,18-19H2,1H3/b26-13+. The molecule has 1 aromatic carbocycles. The number of benzene rings is 1. The van der Waals surface area contributed by atoms with Crippen LogP contribution in [0.1, 0.15) is 94.1 Å². The summed E-state index contributed by atoms with van der Waals surface area (Å²) in [6, 6.07) is 7.10. The van der Waals surface area contributed by atoms with E-state index in [1.165, 1.54) is 0 Å². The van der Waals surface area contributed by atoms with Gasteiger partial charge in [0.2, 0.25) is 0 Å². The average Bonchev–Trinajstić information content (AvgIpc) is 2.88. The van der Waals surface area contributed by atoms with Gasteiger partial charge < -0.3 is 14.6 Å². The summed E-state index contributed by atoms with van der Waals surface area (Å²) in [6.07, 6.45) is 3.61. The van der Waals surface area contributed by atoms with Gasteiger partial charge in [-0.15, -0.1) is 0 Å². The molecule has 3 rings (SSSR count). The Kier molecular flexibility index (Phi) is 11.4. The van der Waals surface area contributed by atoms with Gasteiger partial charge in [-0.3, -0.25) is 0 Å². The molecular formula is C29H39F4NO3. The van der Waals surface area contributed by atoms with Gasteiger partial charge in [-0.05, 0) is 105 Å². The number of ether oxygens (including phenoxy) is 2. The molecule has 0 saturated heterocycles. The van der Waals surface area contributed by atoms with E-state index in [0.29, 0.717) is 42.8 Å². The van der Waals surface area contributed by atoms with Crippen LogP contribution in [0.4, 0.5) is 17.6 Å². The van der Waals surface area contributed by atoms with E-state index in [1.807, 2.05) is 12.1 Å². The Bertz CT molecular complexity index is 916. The first-order valence-corrected chi connectivity index (χ1v) is 13.4. The Morgan fingerprint density at radius 3 is 2.43 bits per heavy atom. The van der Waals surface area contributed by atoms with Crippen molar-refractivity contribution in [1.29, 1.82) is 5.26 Å². The van der Waals surface area contributed by atoms with Gasteiger partial charge in [-0.2, -0.15) is 14.0 Å². The molecule has 0 heterocycles. The predicted molar refractivity (Wildman–Crippen MR) is 133 cm³/mol. The summed E-state index contributed by atoms with van der Waals surface area (Å²) in [5.74, 6) is -0.766. The monoisotopic (exact) mass is 525 g/mol. The van der Waals surface area contributed by atoms with Gasteiger partial charge in [0, 0.05) is 0 Å². The molecule has 206 valence electrons. The van der Waals surface area contributed by atoms with E-state index in [4.69, 9.17) is 15.1 Å². The summed E-state index contributed by atoms with van der Waals surface area (Å²) in [4.78, 5) is 0. The molecule has 1 N–H and O–H groups in total. The lowest BCUT2D eigenvalue weighted by Crippen LogP contribution is -2.34. The Hall–Kier alpha value is -1.95. The van der Waals surface area contributed by atoms with Crippen LogP contribution in [0.5, 0.6) is 0 Å². The highest BCUT2D eigenvalue weighted by atomic mass is 19.3. The molecule has 0 spiro atoms. The number of aliphatic hydroxyl groups is 1. The summed E-state index contributed by atoms with van der Waals surface area (Å²) >= 11 is 0. The van der Waals surface area contributed by atoms with Crippen LogP contribution >= 0.6 is 0 Å². The van der Waals surface area contributed by atoms with Crippen molar-refractivity contribution in [2.75, 3.05) is 20.0 Å². The third-order valence-corrected chi connectivity index (χ3v) is 8.04. The number of hydrogen-bond acceptors (Lipinski definition) is 4. The number of nitriles is 1. The molecule has 4 nitrogen and oxygen atoms in total. The number of hydrogen-bond donors (Lipinski definition) is 1. The van der Waals surface area contributed by atoms with Gasteiger partial charge in [0.25, 0.3) is 0 Å². The fourth-order valence-corrected chi connectivity index (χ4v) is 6.00. The largest absolute Gasteiger partial charge is 0.371 e. The van der Waals surface area contributed by atoms with Gasteiger partial charge in [-0.25, -0.2) is 8.78 Å². The molecule has 0 radical (unpaired) electrons. The van der Waals surface area contributed by atoms with Gasteiger partial charge in [0.05, 0.1) is 31.6 Å². The molecule has 2 fully saturated rings. The highest BCUT2D eigenvalue weighted by Gasteiger charge is 2.43. The van der Waals surface area contributed by atoms with Crippen LogP contribution in [0.2, 0.25) is 0 Å². The maximum absolute atomic E-state index is 15.1. The van der Waals surface area contributed by atoms with E-state index in [2.05, 4.69) is 11.7 Å². The minimum absolute atomic E-state index is 0.104. The first kappa shape index (κ1) is 29.6. The van der Waals surface area contributed by atoms with Crippen molar-refractivity contribution in [2.24, 2.45) is 17.8 Å². The Morgan fingerprint density at radius 2 is 1.81 bits per heavy atom. The number of aliphatic hydroxyl groups excluding tert-OH is 1. The summed E-state index contributed by atoms with van der Waals surface area (Å²) in [6.45, 7) is 1.87. The summed E-state index contributed by atoms with van der Waals surface area (Å²) < 4.78 is 66.9. The molecular weight excluding hydrogens is 486 g/mol. The molecule has 37 heavy (non-hydrogen) atoms. The lowest BCUT2D eigenvalue weighted by atomic mass is 9.75. The predicted octanol–water partition coefficient (Wildman–Crippen LogP) is 7.74. The van der Waals surface area contributed by atoms with E-state index < -0.39 is 30.9 Å². The lowest BCUT2D eigenvalue weighted by Gasteiger charge is -2.33. The molecule has 0 bridgehead atoms. The quantitative estimate of drug-likeness (QED) is 0.224. The molecule has 2 aliphatic rings. The summed E-state index contributed by atoms with van der Waals surface area (Å²) in [5.41, 5.74) is 1.61. The molecule has 2 saturated carbocycles. The van der Waals surface area contributed by atoms with Gasteiger partial charge in [-0.1, -0.05) is 19.1 Å². The highest BCUT2D eigenvalue weighted by molar-refractivity contribution is 5.30. The topological polar surface area (TPSA) is 62.5 Å². The van der Waals surface area contributed by atoms with E-state index in [1.54, 1.807) is 12.1 Å². The van der Waals surface area contributed by atoms with Crippen molar-refractivity contribution in [3.05, 3.63) is 47.0 Å². The van der Waals surface area contributed by atoms with Crippen LogP contribution in [0.3, 0.4) is 0 Å². The van der Waals surface area contributed by atoms with E-state index in [0.717, 1.165) is 43.7 Å². The molecule has 8 heteroatoms. The minimum atomic E-state index is -3.39. The number of alkyl halides is 2. The second kappa shape index (κ2) is 14.3.